The van der Waals surface area contributed by atoms with Gasteiger partial charge in [-0.1, -0.05) is 0 Å². The molecule has 0 aromatic carbocycles. The number of anilines is 1. The summed E-state index contributed by atoms with van der Waals surface area (Å²) in [4.78, 5) is 30.9. The highest BCUT2D eigenvalue weighted by Crippen LogP contribution is 2.52. The molecule has 0 bridgehead atoms. The van der Waals surface area contributed by atoms with E-state index in [1.165, 1.54) is 0 Å². The van der Waals surface area contributed by atoms with Crippen molar-refractivity contribution in [3.8, 4) is 0 Å². The van der Waals surface area contributed by atoms with Crippen LogP contribution in [0.15, 0.2) is 22.8 Å². The summed E-state index contributed by atoms with van der Waals surface area (Å²) in [7, 11) is 0. The molecule has 2 heterocycles. The van der Waals surface area contributed by atoms with E-state index in [0.717, 1.165) is 28.3 Å². The molecule has 1 aliphatic heterocycles. The maximum Gasteiger partial charge on any atom is 0.419 e. The molecular formula is C17H22BrN3O4. The zero-order valence-electron chi connectivity index (χ0n) is 14.5. The van der Waals surface area contributed by atoms with E-state index < -0.39 is 17.8 Å². The maximum atomic E-state index is 12.1. The molecule has 2 aliphatic rings. The Labute approximate surface area is 155 Å². The Kier molecular flexibility index (Phi) is 4.66. The molecule has 8 heteroatoms. The number of amides is 2. The van der Waals surface area contributed by atoms with Gasteiger partial charge >= 0.3 is 12.2 Å². The van der Waals surface area contributed by atoms with Gasteiger partial charge < -0.3 is 14.7 Å². The van der Waals surface area contributed by atoms with Crippen LogP contribution in [0, 0.1) is 17.8 Å². The molecule has 25 heavy (non-hydrogen) atoms. The number of hydrogen-bond acceptors (Lipinski definition) is 5. The molecule has 3 rings (SSSR count). The highest BCUT2D eigenvalue weighted by Gasteiger charge is 2.57. The number of carbonyl (C=O) groups excluding carboxylic acids is 1. The molecule has 1 unspecified atom stereocenters. The zero-order chi connectivity index (χ0) is 18.4. The van der Waals surface area contributed by atoms with Crippen LogP contribution in [0.1, 0.15) is 20.8 Å². The lowest BCUT2D eigenvalue weighted by atomic mass is 10.2. The van der Waals surface area contributed by atoms with Gasteiger partial charge in [0.2, 0.25) is 0 Å². The fourth-order valence-electron chi connectivity index (χ4n) is 3.42. The molecule has 7 nitrogen and oxygen atoms in total. The second kappa shape index (κ2) is 6.48. The van der Waals surface area contributed by atoms with Gasteiger partial charge in [0, 0.05) is 30.3 Å². The van der Waals surface area contributed by atoms with Gasteiger partial charge in [-0.2, -0.15) is 0 Å². The fraction of sp³-hybridized carbons (Fsp3) is 0.588. The van der Waals surface area contributed by atoms with Crippen LogP contribution >= 0.6 is 15.9 Å². The number of imide groups is 1. The number of ether oxygens (including phenoxy) is 1. The van der Waals surface area contributed by atoms with E-state index in [4.69, 9.17) is 4.74 Å². The standard InChI is InChI=1S/C17H22BrN3O4/c1-17(2,3)25-16(24)21(15(22)23)9-13-11-7-20(8-12(11)13)14-5-4-10(18)6-19-14/h4-6,11-13H,7-9H2,1-3H3,(H,22,23)/t11-,12+,13?. The molecule has 2 amide bonds. The number of aromatic nitrogens is 1. The quantitative estimate of drug-likeness (QED) is 0.819. The predicted octanol–water partition coefficient (Wildman–Crippen LogP) is 3.44. The molecule has 0 radical (unpaired) electrons. The predicted molar refractivity (Wildman–Crippen MR) is 95.6 cm³/mol. The van der Waals surface area contributed by atoms with Crippen LogP contribution in [0.5, 0.6) is 0 Å². The summed E-state index contributed by atoms with van der Waals surface area (Å²) < 4.78 is 6.13. The minimum atomic E-state index is -1.26. The van der Waals surface area contributed by atoms with Crippen molar-refractivity contribution < 1.29 is 19.4 Å². The molecule has 1 aromatic heterocycles. The van der Waals surface area contributed by atoms with Crippen LogP contribution in [-0.4, -0.2) is 52.4 Å². The van der Waals surface area contributed by atoms with Gasteiger partial charge in [0.25, 0.3) is 0 Å². The SMILES string of the molecule is CC(C)(C)OC(=O)N(CC1[C@H]2CN(c3ccc(Br)cn3)C[C@@H]12)C(=O)O. The summed E-state index contributed by atoms with van der Waals surface area (Å²) in [5.74, 6) is 1.93. The van der Waals surface area contributed by atoms with E-state index in [-0.39, 0.29) is 12.5 Å². The maximum absolute atomic E-state index is 12.1. The normalized spacial score (nSPS) is 24.6. The van der Waals surface area contributed by atoms with Crippen LogP contribution in [0.4, 0.5) is 15.4 Å². The second-order valence-corrected chi connectivity index (χ2v) is 8.52. The molecule has 1 saturated heterocycles. The Bertz CT molecular complexity index is 661. The molecule has 1 aromatic rings. The Morgan fingerprint density at radius 2 is 2.00 bits per heavy atom. The third kappa shape index (κ3) is 4.05. The lowest BCUT2D eigenvalue weighted by Gasteiger charge is -2.26. The summed E-state index contributed by atoms with van der Waals surface area (Å²) >= 11 is 3.37. The van der Waals surface area contributed by atoms with Crippen molar-refractivity contribution >= 4 is 33.9 Å². The summed E-state index contributed by atoms with van der Waals surface area (Å²) in [6.45, 7) is 7.04. The van der Waals surface area contributed by atoms with Gasteiger partial charge in [-0.15, -0.1) is 0 Å². The fourth-order valence-corrected chi connectivity index (χ4v) is 3.66. The van der Waals surface area contributed by atoms with Crippen molar-refractivity contribution in [2.24, 2.45) is 17.8 Å². The molecule has 0 spiro atoms. The number of pyridine rings is 1. The first-order valence-corrected chi connectivity index (χ1v) is 9.05. The van der Waals surface area contributed by atoms with Crippen LogP contribution in [0.2, 0.25) is 0 Å². The highest BCUT2D eigenvalue weighted by atomic mass is 79.9. The average Bonchev–Trinajstić information content (AvgIpc) is 2.93. The van der Waals surface area contributed by atoms with Crippen molar-refractivity contribution in [3.63, 3.8) is 0 Å². The van der Waals surface area contributed by atoms with Gasteiger partial charge in [0.05, 0.1) is 0 Å². The van der Waals surface area contributed by atoms with Crippen molar-refractivity contribution in [3.05, 3.63) is 22.8 Å². The van der Waals surface area contributed by atoms with E-state index in [1.54, 1.807) is 27.0 Å². The average molecular weight is 412 g/mol. The second-order valence-electron chi connectivity index (χ2n) is 7.60. The van der Waals surface area contributed by atoms with Gasteiger partial charge in [-0.05, 0) is 66.6 Å². The summed E-state index contributed by atoms with van der Waals surface area (Å²) in [6.07, 6.45) is -0.284. The topological polar surface area (TPSA) is 83.0 Å². The summed E-state index contributed by atoms with van der Waals surface area (Å²) in [5.41, 5.74) is -0.714. The van der Waals surface area contributed by atoms with Crippen LogP contribution in [0.3, 0.4) is 0 Å². The number of halogens is 1. The van der Waals surface area contributed by atoms with Crippen molar-refractivity contribution in [1.82, 2.24) is 9.88 Å². The third-order valence-corrected chi connectivity index (χ3v) is 5.11. The van der Waals surface area contributed by atoms with Gasteiger partial charge in [0.15, 0.2) is 0 Å². The highest BCUT2D eigenvalue weighted by molar-refractivity contribution is 9.10. The number of hydrogen-bond donors (Lipinski definition) is 1. The molecule has 2 fully saturated rings. The van der Waals surface area contributed by atoms with Crippen molar-refractivity contribution in [1.29, 1.82) is 0 Å². The largest absolute Gasteiger partial charge is 0.465 e. The number of rotatable bonds is 3. The molecular weight excluding hydrogens is 390 g/mol. The molecule has 1 saturated carbocycles. The van der Waals surface area contributed by atoms with Crippen LogP contribution in [-0.2, 0) is 4.74 Å². The Morgan fingerprint density at radius 1 is 1.36 bits per heavy atom. The van der Waals surface area contributed by atoms with Gasteiger partial charge in [0.1, 0.15) is 11.4 Å². The number of carbonyl (C=O) groups is 2. The Hall–Kier alpha value is -1.83. The van der Waals surface area contributed by atoms with Crippen molar-refractivity contribution in [2.45, 2.75) is 26.4 Å². The molecule has 3 atom stereocenters. The minimum absolute atomic E-state index is 0.196. The Balaban J connectivity index is 1.56. The number of carboxylic acid groups (broad SMARTS) is 1. The van der Waals surface area contributed by atoms with Gasteiger partial charge in [-0.3, -0.25) is 0 Å². The lowest BCUT2D eigenvalue weighted by Crippen LogP contribution is -2.42. The Morgan fingerprint density at radius 3 is 2.48 bits per heavy atom. The van der Waals surface area contributed by atoms with Gasteiger partial charge in [-0.25, -0.2) is 19.5 Å². The molecule has 1 N–H and O–H groups in total. The van der Waals surface area contributed by atoms with E-state index >= 15 is 0 Å². The lowest BCUT2D eigenvalue weighted by molar-refractivity contribution is 0.0257. The number of nitrogens with zero attached hydrogens (tertiary/aromatic N) is 3. The number of fused-ring (bicyclic) bond motifs is 1. The number of piperidine rings is 1. The zero-order valence-corrected chi connectivity index (χ0v) is 16.1. The third-order valence-electron chi connectivity index (χ3n) is 4.65. The molecule has 1 aliphatic carbocycles. The van der Waals surface area contributed by atoms with E-state index in [9.17, 15) is 14.7 Å². The summed E-state index contributed by atoms with van der Waals surface area (Å²) in [5, 5.41) is 9.34. The van der Waals surface area contributed by atoms with E-state index in [2.05, 4.69) is 25.8 Å². The minimum Gasteiger partial charge on any atom is -0.465 e. The summed E-state index contributed by atoms with van der Waals surface area (Å²) in [6, 6.07) is 3.92. The first-order chi connectivity index (χ1) is 11.7. The molecule has 136 valence electrons. The van der Waals surface area contributed by atoms with E-state index in [0.29, 0.717) is 11.8 Å². The smallest absolute Gasteiger partial charge is 0.419 e. The monoisotopic (exact) mass is 411 g/mol. The first-order valence-electron chi connectivity index (χ1n) is 8.25. The first kappa shape index (κ1) is 18.0. The van der Waals surface area contributed by atoms with Crippen LogP contribution in [0.25, 0.3) is 0 Å². The van der Waals surface area contributed by atoms with Crippen LogP contribution < -0.4 is 4.90 Å². The van der Waals surface area contributed by atoms with E-state index in [1.807, 2.05) is 12.1 Å². The van der Waals surface area contributed by atoms with Crippen molar-refractivity contribution in [2.75, 3.05) is 24.5 Å².